The molecular weight excluding hydrogens is 360 g/mol. The molecule has 0 unspecified atom stereocenters. The van der Waals surface area contributed by atoms with Crippen molar-refractivity contribution in [3.05, 3.63) is 101 Å². The third-order valence-electron chi connectivity index (χ3n) is 5.64. The van der Waals surface area contributed by atoms with E-state index < -0.39 is 6.23 Å². The van der Waals surface area contributed by atoms with E-state index in [1.807, 2.05) is 54.4 Å². The predicted octanol–water partition coefficient (Wildman–Crippen LogP) is 5.06. The fourth-order valence-corrected chi connectivity index (χ4v) is 3.99. The van der Waals surface area contributed by atoms with Crippen LogP contribution in [0.25, 0.3) is 0 Å². The second-order valence-electron chi connectivity index (χ2n) is 7.75. The van der Waals surface area contributed by atoms with Crippen molar-refractivity contribution in [2.45, 2.75) is 32.5 Å². The molecule has 0 spiro atoms. The molecule has 5 rings (SSSR count). The maximum Gasteiger partial charge on any atom is 0.251 e. The minimum atomic E-state index is -0.763. The van der Waals surface area contributed by atoms with E-state index in [0.717, 1.165) is 34.6 Å². The zero-order chi connectivity index (χ0) is 20.0. The molecule has 3 aromatic rings. The van der Waals surface area contributed by atoms with E-state index in [2.05, 4.69) is 37.3 Å². The number of ether oxygens (including phenoxy) is 1. The molecule has 0 aromatic heterocycles. The number of hydrogen-bond acceptors (Lipinski definition) is 4. The molecule has 0 saturated carbocycles. The van der Waals surface area contributed by atoms with Crippen molar-refractivity contribution in [1.29, 1.82) is 0 Å². The Morgan fingerprint density at radius 1 is 0.931 bits per heavy atom. The number of fused-ring (bicyclic) bond motifs is 3. The van der Waals surface area contributed by atoms with Crippen LogP contribution in [0.2, 0.25) is 0 Å². The van der Waals surface area contributed by atoms with E-state index in [9.17, 15) is 4.79 Å². The van der Waals surface area contributed by atoms with Crippen LogP contribution in [0.5, 0.6) is 5.75 Å². The summed E-state index contributed by atoms with van der Waals surface area (Å²) in [6.45, 7) is 4.08. The van der Waals surface area contributed by atoms with Gasteiger partial charge >= 0.3 is 0 Å². The number of hydrogen-bond donors (Lipinski definition) is 0. The van der Waals surface area contributed by atoms with Gasteiger partial charge in [0.1, 0.15) is 5.75 Å². The lowest BCUT2D eigenvalue weighted by Gasteiger charge is -2.37. The summed E-state index contributed by atoms with van der Waals surface area (Å²) in [5.74, 6) is 0.693. The molecule has 4 nitrogen and oxygen atoms in total. The molecule has 0 aliphatic carbocycles. The van der Waals surface area contributed by atoms with Crippen LogP contribution in [0, 0.1) is 13.8 Å². The van der Waals surface area contributed by atoms with Gasteiger partial charge in [0.25, 0.3) is 6.23 Å². The Labute approximate surface area is 170 Å². The second-order valence-corrected chi connectivity index (χ2v) is 7.75. The molecule has 2 heterocycles. The van der Waals surface area contributed by atoms with Crippen molar-refractivity contribution in [1.82, 2.24) is 5.01 Å². The molecule has 0 bridgehead atoms. The van der Waals surface area contributed by atoms with Gasteiger partial charge in [-0.1, -0.05) is 77.9 Å². The Morgan fingerprint density at radius 2 is 1.59 bits per heavy atom. The molecule has 0 fully saturated rings. The topological polar surface area (TPSA) is 41.9 Å². The summed E-state index contributed by atoms with van der Waals surface area (Å²) in [6.07, 6.45) is -0.0123. The molecule has 0 saturated heterocycles. The van der Waals surface area contributed by atoms with Crippen LogP contribution >= 0.6 is 0 Å². The van der Waals surface area contributed by atoms with Crippen LogP contribution in [-0.4, -0.2) is 22.7 Å². The maximum atomic E-state index is 13.3. The van der Waals surface area contributed by atoms with E-state index in [4.69, 9.17) is 9.84 Å². The molecule has 29 heavy (non-hydrogen) atoms. The van der Waals surface area contributed by atoms with Crippen LogP contribution < -0.4 is 4.74 Å². The second kappa shape index (κ2) is 6.89. The lowest BCUT2D eigenvalue weighted by molar-refractivity contribution is -0.00455. The molecule has 144 valence electrons. The van der Waals surface area contributed by atoms with Crippen molar-refractivity contribution in [3.63, 3.8) is 0 Å². The molecule has 2 aliphatic rings. The molecule has 2 aliphatic heterocycles. The van der Waals surface area contributed by atoms with Crippen LogP contribution in [0.15, 0.2) is 77.9 Å². The predicted molar refractivity (Wildman–Crippen MR) is 113 cm³/mol. The number of hydrazone groups is 1. The van der Waals surface area contributed by atoms with Gasteiger partial charge in [0.05, 0.1) is 11.8 Å². The number of carbonyl (C=O) groups is 1. The summed E-state index contributed by atoms with van der Waals surface area (Å²) in [7, 11) is 0. The zero-order valence-electron chi connectivity index (χ0n) is 16.5. The van der Waals surface area contributed by atoms with E-state index in [1.165, 1.54) is 5.56 Å². The van der Waals surface area contributed by atoms with Gasteiger partial charge in [-0.15, -0.1) is 0 Å². The number of carbonyl (C=O) groups excluding carboxylic acids is 1. The summed E-state index contributed by atoms with van der Waals surface area (Å²) in [5, 5.41) is 6.71. The van der Waals surface area contributed by atoms with E-state index in [1.54, 1.807) is 0 Å². The molecule has 2 atom stereocenters. The molecule has 0 amide bonds. The average molecular weight is 382 g/mol. The number of nitrogens with zero attached hydrogens (tertiary/aromatic N) is 2. The fraction of sp³-hybridized carbons (Fsp3) is 0.200. The van der Waals surface area contributed by atoms with Crippen LogP contribution in [-0.2, 0) is 0 Å². The number of ketones is 1. The summed E-state index contributed by atoms with van der Waals surface area (Å²) in [5.41, 5.74) is 6.12. The Bertz CT molecular complexity index is 1100. The Kier molecular flexibility index (Phi) is 4.20. The van der Waals surface area contributed by atoms with Crippen molar-refractivity contribution in [2.24, 2.45) is 5.10 Å². The largest absolute Gasteiger partial charge is 0.461 e. The molecule has 4 heteroatoms. The third kappa shape index (κ3) is 3.11. The fourth-order valence-electron chi connectivity index (χ4n) is 3.99. The van der Waals surface area contributed by atoms with Gasteiger partial charge in [-0.05, 0) is 25.5 Å². The summed E-state index contributed by atoms with van der Waals surface area (Å²) in [6, 6.07) is 23.9. The van der Waals surface area contributed by atoms with Crippen molar-refractivity contribution in [2.75, 3.05) is 0 Å². The van der Waals surface area contributed by atoms with Crippen molar-refractivity contribution < 1.29 is 9.53 Å². The van der Waals surface area contributed by atoms with E-state index in [-0.39, 0.29) is 11.8 Å². The Hall–Kier alpha value is -3.40. The first kappa shape index (κ1) is 17.7. The summed E-state index contributed by atoms with van der Waals surface area (Å²) < 4.78 is 6.16. The Morgan fingerprint density at radius 3 is 2.31 bits per heavy atom. The first-order valence-electron chi connectivity index (χ1n) is 9.89. The van der Waals surface area contributed by atoms with Gasteiger partial charge in [0.2, 0.25) is 5.78 Å². The third-order valence-corrected chi connectivity index (χ3v) is 5.64. The lowest BCUT2D eigenvalue weighted by atomic mass is 9.95. The number of rotatable bonds is 3. The zero-order valence-corrected chi connectivity index (χ0v) is 16.5. The van der Waals surface area contributed by atoms with Crippen molar-refractivity contribution >= 4 is 11.5 Å². The summed E-state index contributed by atoms with van der Waals surface area (Å²) in [4.78, 5) is 13.3. The van der Waals surface area contributed by atoms with Gasteiger partial charge in [-0.2, -0.15) is 5.10 Å². The highest BCUT2D eigenvalue weighted by Gasteiger charge is 2.43. The Balaban J connectivity index is 1.55. The van der Waals surface area contributed by atoms with Crippen LogP contribution in [0.3, 0.4) is 0 Å². The van der Waals surface area contributed by atoms with Crippen molar-refractivity contribution in [3.8, 4) is 5.75 Å². The molecule has 0 radical (unpaired) electrons. The number of aryl methyl sites for hydroxylation is 2. The molecular formula is C25H22N2O2. The SMILES string of the molecule is Cc1ccc(C(=O)[C@@H]2Oc3ccccc3[C@H]3CC(c4ccc(C)cc4)=NN32)cc1. The van der Waals surface area contributed by atoms with Gasteiger partial charge in [-0.25, -0.2) is 5.01 Å². The monoisotopic (exact) mass is 382 g/mol. The highest BCUT2D eigenvalue weighted by atomic mass is 16.5. The minimum absolute atomic E-state index is 0.00403. The average Bonchev–Trinajstić information content (AvgIpc) is 3.19. The highest BCUT2D eigenvalue weighted by molar-refractivity contribution is 6.03. The van der Waals surface area contributed by atoms with Crippen LogP contribution in [0.1, 0.15) is 45.1 Å². The van der Waals surface area contributed by atoms with Crippen LogP contribution in [0.4, 0.5) is 0 Å². The first-order chi connectivity index (χ1) is 14.1. The first-order valence-corrected chi connectivity index (χ1v) is 9.89. The van der Waals surface area contributed by atoms with E-state index in [0.29, 0.717) is 5.56 Å². The van der Waals surface area contributed by atoms with E-state index >= 15 is 0 Å². The molecule has 0 N–H and O–H groups in total. The highest BCUT2D eigenvalue weighted by Crippen LogP contribution is 2.43. The molecule has 3 aromatic carbocycles. The minimum Gasteiger partial charge on any atom is -0.461 e. The quantitative estimate of drug-likeness (QED) is 0.595. The maximum absolute atomic E-state index is 13.3. The standard InChI is InChI=1S/C25H22N2O2/c1-16-7-11-18(12-8-16)21-15-22-20-5-3-4-6-23(20)29-25(27(22)26-21)24(28)19-13-9-17(2)10-14-19/h3-14,22,25H,15H2,1-2H3/t22-,25+/m1/s1. The normalized spacial score (nSPS) is 19.8. The van der Waals surface area contributed by atoms with Gasteiger partial charge < -0.3 is 4.74 Å². The lowest BCUT2D eigenvalue weighted by Crippen LogP contribution is -2.45. The number of Topliss-reactive ketones (excluding diaryl/α,β-unsaturated/α-hetero) is 1. The van der Waals surface area contributed by atoms with Gasteiger partial charge in [0.15, 0.2) is 0 Å². The van der Waals surface area contributed by atoms with Gasteiger partial charge in [0, 0.05) is 17.5 Å². The summed E-state index contributed by atoms with van der Waals surface area (Å²) >= 11 is 0. The number of benzene rings is 3. The van der Waals surface area contributed by atoms with Gasteiger partial charge in [-0.3, -0.25) is 4.79 Å². The number of para-hydroxylation sites is 1. The smallest absolute Gasteiger partial charge is 0.251 e.